The van der Waals surface area contributed by atoms with Gasteiger partial charge in [-0.15, -0.1) is 0 Å². The van der Waals surface area contributed by atoms with Gasteiger partial charge in [0, 0.05) is 19.1 Å². The maximum atomic E-state index is 12.9. The molecule has 0 saturated carbocycles. The van der Waals surface area contributed by atoms with Crippen molar-refractivity contribution < 1.29 is 0 Å². The molecule has 1 aromatic carbocycles. The molecule has 21 heavy (non-hydrogen) atoms. The van der Waals surface area contributed by atoms with Crippen molar-refractivity contribution in [2.24, 2.45) is 11.5 Å². The first-order valence-corrected chi connectivity index (χ1v) is 7.34. The maximum absolute atomic E-state index is 12.9. The van der Waals surface area contributed by atoms with Crippen LogP contribution in [-0.2, 0) is 0 Å². The van der Waals surface area contributed by atoms with Crippen LogP contribution in [0.2, 0.25) is 5.02 Å². The molecule has 2 aromatic rings. The molecule has 2 atom stereocenters. The lowest BCUT2D eigenvalue weighted by atomic mass is 10.2. The van der Waals surface area contributed by atoms with Crippen molar-refractivity contribution in [2.75, 3.05) is 18.1 Å². The SMILES string of the molecule is C[C@H](N)c1nc2cccc(Cl)c2c(=O)n1N1CCC(N)C1. The summed E-state index contributed by atoms with van der Waals surface area (Å²) < 4.78 is 1.55. The molecule has 1 saturated heterocycles. The van der Waals surface area contributed by atoms with Gasteiger partial charge >= 0.3 is 0 Å². The maximum Gasteiger partial charge on any atom is 0.281 e. The molecule has 1 unspecified atom stereocenters. The highest BCUT2D eigenvalue weighted by Gasteiger charge is 2.25. The van der Waals surface area contributed by atoms with E-state index >= 15 is 0 Å². The number of halogens is 1. The molecule has 2 heterocycles. The van der Waals surface area contributed by atoms with Gasteiger partial charge in [0.2, 0.25) is 0 Å². The molecule has 1 aliphatic heterocycles. The van der Waals surface area contributed by atoms with Gasteiger partial charge in [-0.3, -0.25) is 4.79 Å². The fraction of sp³-hybridized carbons (Fsp3) is 0.429. The number of aromatic nitrogens is 2. The summed E-state index contributed by atoms with van der Waals surface area (Å²) >= 11 is 6.17. The Morgan fingerprint density at radius 1 is 1.48 bits per heavy atom. The topological polar surface area (TPSA) is 90.2 Å². The highest BCUT2D eigenvalue weighted by molar-refractivity contribution is 6.35. The molecular weight excluding hydrogens is 290 g/mol. The lowest BCUT2D eigenvalue weighted by Crippen LogP contribution is -2.45. The lowest BCUT2D eigenvalue weighted by molar-refractivity contribution is 0.557. The third-order valence-electron chi connectivity index (χ3n) is 3.74. The smallest absolute Gasteiger partial charge is 0.281 e. The van der Waals surface area contributed by atoms with Crippen molar-refractivity contribution in [3.8, 4) is 0 Å². The van der Waals surface area contributed by atoms with Crippen LogP contribution in [0, 0.1) is 0 Å². The van der Waals surface area contributed by atoms with Crippen molar-refractivity contribution in [3.63, 3.8) is 0 Å². The summed E-state index contributed by atoms with van der Waals surface area (Å²) in [7, 11) is 0. The summed E-state index contributed by atoms with van der Waals surface area (Å²) in [5, 5.41) is 2.73. The predicted octanol–water partition coefficient (Wildman–Crippen LogP) is 0.739. The molecule has 6 nitrogen and oxygen atoms in total. The Kier molecular flexibility index (Phi) is 3.61. The van der Waals surface area contributed by atoms with Crippen LogP contribution in [0.25, 0.3) is 10.9 Å². The van der Waals surface area contributed by atoms with Crippen molar-refractivity contribution >= 4 is 22.5 Å². The van der Waals surface area contributed by atoms with E-state index < -0.39 is 0 Å². The molecule has 0 amide bonds. The third-order valence-corrected chi connectivity index (χ3v) is 4.06. The first-order valence-electron chi connectivity index (χ1n) is 6.96. The molecule has 1 aromatic heterocycles. The first-order chi connectivity index (χ1) is 9.99. The third kappa shape index (κ3) is 2.39. The summed E-state index contributed by atoms with van der Waals surface area (Å²) in [6, 6.07) is 4.93. The quantitative estimate of drug-likeness (QED) is 0.854. The summed E-state index contributed by atoms with van der Waals surface area (Å²) in [5.41, 5.74) is 12.3. The van der Waals surface area contributed by atoms with E-state index in [1.165, 1.54) is 0 Å². The number of benzene rings is 1. The normalized spacial score (nSPS) is 20.2. The Balaban J connectivity index is 2.30. The van der Waals surface area contributed by atoms with Crippen LogP contribution in [0.1, 0.15) is 25.2 Å². The van der Waals surface area contributed by atoms with Gasteiger partial charge < -0.3 is 16.5 Å². The average Bonchev–Trinajstić information content (AvgIpc) is 2.84. The highest BCUT2D eigenvalue weighted by Crippen LogP contribution is 2.21. The molecule has 4 N–H and O–H groups in total. The van der Waals surface area contributed by atoms with E-state index in [0.717, 1.165) is 6.42 Å². The van der Waals surface area contributed by atoms with Gasteiger partial charge in [0.1, 0.15) is 5.82 Å². The second kappa shape index (κ2) is 5.29. The molecule has 0 bridgehead atoms. The van der Waals surface area contributed by atoms with Gasteiger partial charge in [0.05, 0.1) is 22.0 Å². The number of nitrogens with two attached hydrogens (primary N) is 2. The van der Waals surface area contributed by atoms with Gasteiger partial charge in [-0.1, -0.05) is 17.7 Å². The number of hydrogen-bond donors (Lipinski definition) is 2. The summed E-state index contributed by atoms with van der Waals surface area (Å²) in [4.78, 5) is 17.4. The van der Waals surface area contributed by atoms with E-state index in [1.54, 1.807) is 22.9 Å². The second-order valence-corrected chi connectivity index (χ2v) is 5.88. The standard InChI is InChI=1S/C14H18ClN5O/c1-8(16)13-18-11-4-2-3-10(15)12(11)14(21)20(13)19-6-5-9(17)7-19/h2-4,8-9H,5-7,16-17H2,1H3/t8-,9?/m0/s1. The Hall–Kier alpha value is -1.63. The van der Waals surface area contributed by atoms with E-state index in [4.69, 9.17) is 23.1 Å². The van der Waals surface area contributed by atoms with Crippen LogP contribution in [0.3, 0.4) is 0 Å². The summed E-state index contributed by atoms with van der Waals surface area (Å²) in [5.74, 6) is 0.531. The van der Waals surface area contributed by atoms with E-state index in [2.05, 4.69) is 4.98 Å². The molecular formula is C14H18ClN5O. The molecule has 0 spiro atoms. The average molecular weight is 308 g/mol. The molecule has 3 rings (SSSR count). The van der Waals surface area contributed by atoms with Gasteiger partial charge in [-0.2, -0.15) is 0 Å². The van der Waals surface area contributed by atoms with Gasteiger partial charge in [0.25, 0.3) is 5.56 Å². The second-order valence-electron chi connectivity index (χ2n) is 5.47. The monoisotopic (exact) mass is 307 g/mol. The van der Waals surface area contributed by atoms with Crippen LogP contribution in [0.15, 0.2) is 23.0 Å². The van der Waals surface area contributed by atoms with Crippen LogP contribution >= 0.6 is 11.6 Å². The number of hydrogen-bond acceptors (Lipinski definition) is 5. The van der Waals surface area contributed by atoms with Crippen LogP contribution in [0.5, 0.6) is 0 Å². The molecule has 0 aliphatic carbocycles. The Labute approximate surface area is 127 Å². The van der Waals surface area contributed by atoms with Gasteiger partial charge in [-0.05, 0) is 25.5 Å². The van der Waals surface area contributed by atoms with E-state index in [1.807, 2.05) is 11.9 Å². The van der Waals surface area contributed by atoms with Crippen LogP contribution < -0.4 is 22.0 Å². The zero-order chi connectivity index (χ0) is 15.1. The first kappa shape index (κ1) is 14.3. The molecule has 112 valence electrons. The largest absolute Gasteiger partial charge is 0.326 e. The Morgan fingerprint density at radius 2 is 2.24 bits per heavy atom. The highest BCUT2D eigenvalue weighted by atomic mass is 35.5. The zero-order valence-electron chi connectivity index (χ0n) is 11.8. The van der Waals surface area contributed by atoms with Gasteiger partial charge in [-0.25, -0.2) is 9.66 Å². The number of fused-ring (bicyclic) bond motifs is 1. The fourth-order valence-corrected chi connectivity index (χ4v) is 2.97. The zero-order valence-corrected chi connectivity index (χ0v) is 12.5. The van der Waals surface area contributed by atoms with Crippen LogP contribution in [0.4, 0.5) is 0 Å². The van der Waals surface area contributed by atoms with Crippen molar-refractivity contribution in [1.82, 2.24) is 9.66 Å². The predicted molar refractivity (Wildman–Crippen MR) is 84.2 cm³/mol. The lowest BCUT2D eigenvalue weighted by Gasteiger charge is -2.25. The van der Waals surface area contributed by atoms with Crippen molar-refractivity contribution in [3.05, 3.63) is 39.4 Å². The van der Waals surface area contributed by atoms with E-state index in [9.17, 15) is 4.79 Å². The number of rotatable bonds is 2. The molecule has 1 aliphatic rings. The van der Waals surface area contributed by atoms with Crippen molar-refractivity contribution in [2.45, 2.75) is 25.4 Å². The van der Waals surface area contributed by atoms with Crippen molar-refractivity contribution in [1.29, 1.82) is 0 Å². The minimum absolute atomic E-state index is 0.0553. The summed E-state index contributed by atoms with van der Waals surface area (Å²) in [6.45, 7) is 3.13. The number of nitrogens with zero attached hydrogens (tertiary/aromatic N) is 3. The minimum atomic E-state index is -0.363. The fourth-order valence-electron chi connectivity index (χ4n) is 2.72. The van der Waals surface area contributed by atoms with Gasteiger partial charge in [0.15, 0.2) is 0 Å². The summed E-state index contributed by atoms with van der Waals surface area (Å²) in [6.07, 6.45) is 0.839. The molecule has 7 heteroatoms. The molecule has 1 fully saturated rings. The Bertz CT molecular complexity index is 742. The van der Waals surface area contributed by atoms with E-state index in [0.29, 0.717) is 34.8 Å². The minimum Gasteiger partial charge on any atom is -0.326 e. The van der Waals surface area contributed by atoms with E-state index in [-0.39, 0.29) is 17.6 Å². The molecule has 0 radical (unpaired) electrons. The van der Waals surface area contributed by atoms with Crippen LogP contribution in [-0.4, -0.2) is 28.8 Å². The Morgan fingerprint density at radius 3 is 2.86 bits per heavy atom.